The molecule has 2 bridgehead atoms. The zero-order valence-electron chi connectivity index (χ0n) is 10.9. The molecule has 110 valence electrons. The van der Waals surface area contributed by atoms with Gasteiger partial charge >= 0.3 is 0 Å². The van der Waals surface area contributed by atoms with Crippen molar-refractivity contribution in [2.45, 2.75) is 16.1 Å². The number of hydrogen-bond donors (Lipinski definition) is 1. The molecule has 1 aromatic rings. The minimum Gasteiger partial charge on any atom is -0.506 e. The number of halogens is 2. The van der Waals surface area contributed by atoms with Gasteiger partial charge in [0.25, 0.3) is 0 Å². The van der Waals surface area contributed by atoms with Gasteiger partial charge in [-0.3, -0.25) is 9.59 Å². The van der Waals surface area contributed by atoms with E-state index in [0.29, 0.717) is 5.69 Å². The van der Waals surface area contributed by atoms with Gasteiger partial charge in [-0.1, -0.05) is 44.0 Å². The number of rotatable bonds is 1. The fourth-order valence-corrected chi connectivity index (χ4v) is 6.11. The number of para-hydroxylation sites is 2. The van der Waals surface area contributed by atoms with Crippen LogP contribution in [-0.2, 0) is 9.59 Å². The Kier molecular flexibility index (Phi) is 2.99. The average molecular weight is 415 g/mol. The number of hydrogen-bond acceptors (Lipinski definition) is 3. The molecule has 1 heterocycles. The molecule has 21 heavy (non-hydrogen) atoms. The van der Waals surface area contributed by atoms with Crippen molar-refractivity contribution in [3.63, 3.8) is 0 Å². The Hall–Kier alpha value is -0.880. The predicted octanol–water partition coefficient (Wildman–Crippen LogP) is 2.67. The molecule has 2 amide bonds. The van der Waals surface area contributed by atoms with E-state index in [1.807, 2.05) is 0 Å². The number of phenolic OH excluding ortho intramolecular Hbond substituents is 1. The third-order valence-corrected chi connectivity index (χ3v) is 8.32. The Morgan fingerprint density at radius 3 is 2.05 bits per heavy atom. The summed E-state index contributed by atoms with van der Waals surface area (Å²) in [6, 6.07) is 6.51. The minimum absolute atomic E-state index is 0.0303. The van der Waals surface area contributed by atoms with Gasteiger partial charge in [-0.25, -0.2) is 4.90 Å². The third kappa shape index (κ3) is 1.66. The summed E-state index contributed by atoms with van der Waals surface area (Å²) in [6.07, 6.45) is 0.910. The number of carbonyl (C=O) groups excluding carboxylic acids is 2. The minimum atomic E-state index is -0.250. The number of nitrogens with zero attached hydrogens (tertiary/aromatic N) is 1. The average Bonchev–Trinajstić information content (AvgIpc) is 3.06. The Morgan fingerprint density at radius 1 is 1.00 bits per heavy atom. The molecule has 6 atom stereocenters. The summed E-state index contributed by atoms with van der Waals surface area (Å²) in [5.74, 6) is -0.475. The second-order valence-electron chi connectivity index (χ2n) is 6.00. The van der Waals surface area contributed by atoms with Gasteiger partial charge in [0.2, 0.25) is 11.8 Å². The molecule has 4 rings (SSSR count). The Bertz CT molecular complexity index is 618. The molecule has 0 spiro atoms. The highest BCUT2D eigenvalue weighted by Crippen LogP contribution is 2.60. The van der Waals surface area contributed by atoms with Crippen molar-refractivity contribution >= 4 is 49.4 Å². The van der Waals surface area contributed by atoms with Crippen LogP contribution in [-0.4, -0.2) is 26.6 Å². The van der Waals surface area contributed by atoms with Crippen LogP contribution in [0.25, 0.3) is 0 Å². The summed E-state index contributed by atoms with van der Waals surface area (Å²) < 4.78 is 0. The van der Waals surface area contributed by atoms with E-state index in [-0.39, 0.29) is 50.9 Å². The van der Waals surface area contributed by atoms with Crippen LogP contribution in [0.5, 0.6) is 5.75 Å². The molecule has 2 saturated carbocycles. The van der Waals surface area contributed by atoms with Gasteiger partial charge in [-0.2, -0.15) is 0 Å². The molecule has 1 saturated heterocycles. The van der Waals surface area contributed by atoms with Crippen LogP contribution < -0.4 is 4.90 Å². The van der Waals surface area contributed by atoms with Crippen LogP contribution in [0.1, 0.15) is 6.42 Å². The maximum absolute atomic E-state index is 12.7. The third-order valence-electron chi connectivity index (χ3n) is 5.11. The van der Waals surface area contributed by atoms with Gasteiger partial charge in [0.1, 0.15) is 5.75 Å². The van der Waals surface area contributed by atoms with Gasteiger partial charge in [0, 0.05) is 9.65 Å². The van der Waals surface area contributed by atoms with Gasteiger partial charge in [-0.05, 0) is 30.4 Å². The molecule has 1 aromatic carbocycles. The summed E-state index contributed by atoms with van der Waals surface area (Å²) in [7, 11) is 0. The molecular formula is C15H13Br2NO3. The molecule has 3 aliphatic rings. The SMILES string of the molecule is O=C1[C@@H]2[C@H](C(=O)N1c1ccccc1O)[C@@H]1C[C@H]2C(Br)C1Br. The predicted molar refractivity (Wildman–Crippen MR) is 84.6 cm³/mol. The topological polar surface area (TPSA) is 57.6 Å². The fraction of sp³-hybridized carbons (Fsp3) is 0.467. The van der Waals surface area contributed by atoms with Crippen LogP contribution >= 0.6 is 31.9 Å². The van der Waals surface area contributed by atoms with E-state index in [4.69, 9.17) is 0 Å². The number of alkyl halides is 2. The van der Waals surface area contributed by atoms with E-state index in [9.17, 15) is 14.7 Å². The zero-order valence-corrected chi connectivity index (χ0v) is 14.1. The zero-order chi connectivity index (χ0) is 14.9. The van der Waals surface area contributed by atoms with E-state index in [0.717, 1.165) is 6.42 Å². The number of anilines is 1. The lowest BCUT2D eigenvalue weighted by molar-refractivity contribution is -0.123. The lowest BCUT2D eigenvalue weighted by atomic mass is 9.81. The molecular weight excluding hydrogens is 402 g/mol. The second-order valence-corrected chi connectivity index (χ2v) is 8.12. The quantitative estimate of drug-likeness (QED) is 0.567. The Labute approximate surface area is 138 Å². The van der Waals surface area contributed by atoms with Crippen molar-refractivity contribution in [2.75, 3.05) is 4.90 Å². The molecule has 2 unspecified atom stereocenters. The van der Waals surface area contributed by atoms with Crippen LogP contribution in [0, 0.1) is 23.7 Å². The largest absolute Gasteiger partial charge is 0.506 e. The van der Waals surface area contributed by atoms with E-state index in [1.54, 1.807) is 18.2 Å². The highest BCUT2D eigenvalue weighted by Gasteiger charge is 2.66. The summed E-state index contributed by atoms with van der Waals surface area (Å²) in [4.78, 5) is 27.1. The van der Waals surface area contributed by atoms with Crippen LogP contribution in [0.15, 0.2) is 24.3 Å². The smallest absolute Gasteiger partial charge is 0.238 e. The first-order valence-electron chi connectivity index (χ1n) is 6.96. The summed E-state index contributed by atoms with van der Waals surface area (Å²) in [5, 5.41) is 9.96. The van der Waals surface area contributed by atoms with Crippen molar-refractivity contribution in [3.8, 4) is 5.75 Å². The number of fused-ring (bicyclic) bond motifs is 5. The standard InChI is InChI=1S/C15H13Br2NO3/c16-12-6-5-7(13(12)17)11-10(6)14(20)18(15(11)21)8-3-1-2-4-9(8)19/h1-4,6-7,10-13,19H,5H2/t6-,7+,10+,11-,12?,13?. The molecule has 1 aliphatic heterocycles. The summed E-state index contributed by atoms with van der Waals surface area (Å²) >= 11 is 7.31. The fourth-order valence-electron chi connectivity index (χ4n) is 4.24. The molecule has 6 heteroatoms. The molecule has 0 radical (unpaired) electrons. The van der Waals surface area contributed by atoms with Crippen LogP contribution in [0.2, 0.25) is 0 Å². The first-order chi connectivity index (χ1) is 10.0. The van der Waals surface area contributed by atoms with Crippen molar-refractivity contribution in [3.05, 3.63) is 24.3 Å². The number of carbonyl (C=O) groups is 2. The molecule has 0 aromatic heterocycles. The van der Waals surface area contributed by atoms with Crippen molar-refractivity contribution in [1.82, 2.24) is 0 Å². The first kappa shape index (κ1) is 13.8. The summed E-state index contributed by atoms with van der Waals surface area (Å²) in [5.41, 5.74) is 0.304. The van der Waals surface area contributed by atoms with Gasteiger partial charge in [0.15, 0.2) is 0 Å². The Balaban J connectivity index is 1.77. The van der Waals surface area contributed by atoms with Gasteiger partial charge in [0.05, 0.1) is 17.5 Å². The van der Waals surface area contributed by atoms with E-state index in [2.05, 4.69) is 31.9 Å². The van der Waals surface area contributed by atoms with Crippen molar-refractivity contribution in [1.29, 1.82) is 0 Å². The number of aromatic hydroxyl groups is 1. The molecule has 1 N–H and O–H groups in total. The van der Waals surface area contributed by atoms with Crippen molar-refractivity contribution < 1.29 is 14.7 Å². The molecule has 3 fully saturated rings. The van der Waals surface area contributed by atoms with E-state index >= 15 is 0 Å². The second kappa shape index (κ2) is 4.56. The lowest BCUT2D eigenvalue weighted by Gasteiger charge is -2.28. The normalized spacial score (nSPS) is 41.0. The monoisotopic (exact) mass is 413 g/mol. The highest BCUT2D eigenvalue weighted by molar-refractivity contribution is 9.12. The molecule has 2 aliphatic carbocycles. The van der Waals surface area contributed by atoms with Crippen LogP contribution in [0.4, 0.5) is 5.69 Å². The first-order valence-corrected chi connectivity index (χ1v) is 8.79. The van der Waals surface area contributed by atoms with Gasteiger partial charge < -0.3 is 5.11 Å². The Morgan fingerprint density at radius 2 is 1.52 bits per heavy atom. The van der Waals surface area contributed by atoms with E-state index < -0.39 is 0 Å². The van der Waals surface area contributed by atoms with Crippen LogP contribution in [0.3, 0.4) is 0 Å². The lowest BCUT2D eigenvalue weighted by Crippen LogP contribution is -2.37. The number of phenols is 1. The number of amides is 2. The van der Waals surface area contributed by atoms with Gasteiger partial charge in [-0.15, -0.1) is 0 Å². The van der Waals surface area contributed by atoms with Crippen molar-refractivity contribution in [2.24, 2.45) is 23.7 Å². The maximum Gasteiger partial charge on any atom is 0.238 e. The number of benzene rings is 1. The maximum atomic E-state index is 12.7. The van der Waals surface area contributed by atoms with E-state index in [1.165, 1.54) is 11.0 Å². The number of imide groups is 1. The highest BCUT2D eigenvalue weighted by atomic mass is 79.9. The summed E-state index contributed by atoms with van der Waals surface area (Å²) in [6.45, 7) is 0. The molecule has 4 nitrogen and oxygen atoms in total.